The number of hydrogen-bond donors (Lipinski definition) is 0. The maximum Gasteiger partial charge on any atom is 0.119 e. The molecule has 3 nitrogen and oxygen atoms in total. The molecule has 1 aromatic carbocycles. The van der Waals surface area contributed by atoms with Crippen LogP contribution in [-0.2, 0) is 13.0 Å². The van der Waals surface area contributed by atoms with Gasteiger partial charge in [-0.3, -0.25) is 0 Å². The van der Waals surface area contributed by atoms with Crippen LogP contribution < -0.4 is 4.74 Å². The lowest BCUT2D eigenvalue weighted by atomic mass is 10.3. The van der Waals surface area contributed by atoms with E-state index in [9.17, 15) is 0 Å². The first-order valence-corrected chi connectivity index (χ1v) is 6.58. The van der Waals surface area contributed by atoms with E-state index in [0.29, 0.717) is 0 Å². The summed E-state index contributed by atoms with van der Waals surface area (Å²) in [6, 6.07) is 9.95. The van der Waals surface area contributed by atoms with E-state index < -0.39 is 0 Å². The van der Waals surface area contributed by atoms with Crippen molar-refractivity contribution in [2.24, 2.45) is 0 Å². The molecule has 0 bridgehead atoms. The van der Waals surface area contributed by atoms with Crippen molar-refractivity contribution in [2.45, 2.75) is 32.7 Å². The van der Waals surface area contributed by atoms with Crippen LogP contribution in [0.4, 0.5) is 0 Å². The lowest BCUT2D eigenvalue weighted by Gasteiger charge is -2.08. The number of benzene rings is 1. The molecular formula is C15H20N2O. The van der Waals surface area contributed by atoms with Crippen LogP contribution in [0.3, 0.4) is 0 Å². The molecule has 3 heteroatoms. The number of aryl methyl sites for hydroxylation is 2. The molecule has 0 aliphatic heterocycles. The lowest BCUT2D eigenvalue weighted by molar-refractivity contribution is 0.301. The summed E-state index contributed by atoms with van der Waals surface area (Å²) in [5, 5.41) is 0. The summed E-state index contributed by atoms with van der Waals surface area (Å²) in [6.07, 6.45) is 7.11. The molecule has 0 spiro atoms. The van der Waals surface area contributed by atoms with E-state index in [2.05, 4.69) is 16.5 Å². The molecule has 0 aliphatic rings. The number of para-hydroxylation sites is 1. The summed E-state index contributed by atoms with van der Waals surface area (Å²) in [5.41, 5.74) is 0. The second-order valence-corrected chi connectivity index (χ2v) is 4.30. The molecule has 2 rings (SSSR count). The molecule has 0 amide bonds. The number of aromatic nitrogens is 2. The van der Waals surface area contributed by atoms with Gasteiger partial charge < -0.3 is 9.30 Å². The highest BCUT2D eigenvalue weighted by Gasteiger charge is 2.01. The number of hydrogen-bond acceptors (Lipinski definition) is 2. The van der Waals surface area contributed by atoms with Gasteiger partial charge in [-0.25, -0.2) is 4.98 Å². The van der Waals surface area contributed by atoms with Crippen molar-refractivity contribution in [1.29, 1.82) is 0 Å². The van der Waals surface area contributed by atoms with E-state index in [0.717, 1.165) is 38.2 Å². The van der Waals surface area contributed by atoms with Crippen LogP contribution in [0.15, 0.2) is 42.7 Å². The third-order valence-electron chi connectivity index (χ3n) is 2.83. The molecule has 1 aromatic heterocycles. The van der Waals surface area contributed by atoms with Crippen LogP contribution >= 0.6 is 0 Å². The Morgan fingerprint density at radius 3 is 2.83 bits per heavy atom. The average molecular weight is 244 g/mol. The Hall–Kier alpha value is -1.77. The van der Waals surface area contributed by atoms with Crippen molar-refractivity contribution < 1.29 is 4.74 Å². The van der Waals surface area contributed by atoms with Crippen molar-refractivity contribution in [3.05, 3.63) is 48.5 Å². The van der Waals surface area contributed by atoms with Gasteiger partial charge >= 0.3 is 0 Å². The van der Waals surface area contributed by atoms with Crippen LogP contribution in [-0.4, -0.2) is 16.2 Å². The largest absolute Gasteiger partial charge is 0.494 e. The van der Waals surface area contributed by atoms with Gasteiger partial charge in [-0.2, -0.15) is 0 Å². The zero-order valence-electron chi connectivity index (χ0n) is 10.9. The zero-order valence-corrected chi connectivity index (χ0v) is 10.9. The smallest absolute Gasteiger partial charge is 0.119 e. The molecule has 2 aromatic rings. The van der Waals surface area contributed by atoms with Crippen molar-refractivity contribution in [3.8, 4) is 5.75 Å². The van der Waals surface area contributed by atoms with Gasteiger partial charge in [0.2, 0.25) is 0 Å². The van der Waals surface area contributed by atoms with Gasteiger partial charge in [0.1, 0.15) is 11.6 Å². The normalized spacial score (nSPS) is 10.5. The van der Waals surface area contributed by atoms with E-state index >= 15 is 0 Å². The third kappa shape index (κ3) is 3.62. The molecule has 0 radical (unpaired) electrons. The first kappa shape index (κ1) is 12.7. The Bertz CT molecular complexity index is 451. The van der Waals surface area contributed by atoms with E-state index in [1.807, 2.05) is 42.7 Å². The van der Waals surface area contributed by atoms with Crippen LogP contribution in [0.2, 0.25) is 0 Å². The highest BCUT2D eigenvalue weighted by Crippen LogP contribution is 2.09. The molecule has 18 heavy (non-hydrogen) atoms. The lowest BCUT2D eigenvalue weighted by Crippen LogP contribution is -2.07. The molecule has 0 fully saturated rings. The molecule has 0 atom stereocenters. The highest BCUT2D eigenvalue weighted by atomic mass is 16.5. The van der Waals surface area contributed by atoms with Gasteiger partial charge in [0.15, 0.2) is 0 Å². The summed E-state index contributed by atoms with van der Waals surface area (Å²) in [7, 11) is 0. The van der Waals surface area contributed by atoms with E-state index in [1.54, 1.807) is 0 Å². The van der Waals surface area contributed by atoms with Gasteiger partial charge in [-0.05, 0) is 25.0 Å². The van der Waals surface area contributed by atoms with Crippen LogP contribution in [0.1, 0.15) is 25.6 Å². The van der Waals surface area contributed by atoms with Crippen molar-refractivity contribution in [1.82, 2.24) is 9.55 Å². The average Bonchev–Trinajstić information content (AvgIpc) is 2.84. The Kier molecular flexibility index (Phi) is 4.82. The monoisotopic (exact) mass is 244 g/mol. The summed E-state index contributed by atoms with van der Waals surface area (Å²) in [5.74, 6) is 2.12. The second kappa shape index (κ2) is 6.84. The molecule has 0 unspecified atom stereocenters. The van der Waals surface area contributed by atoms with Crippen LogP contribution in [0, 0.1) is 0 Å². The Balaban J connectivity index is 1.73. The molecule has 0 N–H and O–H groups in total. The molecule has 0 saturated heterocycles. The molecule has 96 valence electrons. The van der Waals surface area contributed by atoms with Crippen molar-refractivity contribution in [2.75, 3.05) is 6.61 Å². The predicted octanol–water partition coefficient (Wildman–Crippen LogP) is 3.30. The van der Waals surface area contributed by atoms with Crippen LogP contribution in [0.5, 0.6) is 5.75 Å². The quantitative estimate of drug-likeness (QED) is 0.699. The van der Waals surface area contributed by atoms with Crippen LogP contribution in [0.25, 0.3) is 0 Å². The SMILES string of the molecule is CCCc1nccn1CCCOc1ccccc1. The number of imidazole rings is 1. The second-order valence-electron chi connectivity index (χ2n) is 4.30. The van der Waals surface area contributed by atoms with Gasteiger partial charge in [-0.15, -0.1) is 0 Å². The topological polar surface area (TPSA) is 27.1 Å². The first-order chi connectivity index (χ1) is 8.90. The number of nitrogens with zero attached hydrogens (tertiary/aromatic N) is 2. The number of ether oxygens (including phenoxy) is 1. The molecule has 0 aliphatic carbocycles. The Morgan fingerprint density at radius 2 is 2.06 bits per heavy atom. The molecular weight excluding hydrogens is 224 g/mol. The Labute approximate surface area is 108 Å². The van der Waals surface area contributed by atoms with E-state index in [4.69, 9.17) is 4.74 Å². The summed E-state index contributed by atoms with van der Waals surface area (Å²) >= 11 is 0. The van der Waals surface area contributed by atoms with Gasteiger partial charge in [0.05, 0.1) is 6.61 Å². The standard InChI is InChI=1S/C15H20N2O/c1-2-7-15-16-10-12-17(15)11-6-13-18-14-8-4-3-5-9-14/h3-5,8-10,12H,2,6-7,11,13H2,1H3. The zero-order chi connectivity index (χ0) is 12.6. The van der Waals surface area contributed by atoms with Gasteiger partial charge in [0, 0.05) is 25.4 Å². The predicted molar refractivity (Wildman–Crippen MR) is 72.8 cm³/mol. The number of rotatable bonds is 7. The summed E-state index contributed by atoms with van der Waals surface area (Å²) in [6.45, 7) is 3.90. The minimum Gasteiger partial charge on any atom is -0.494 e. The fourth-order valence-electron chi connectivity index (χ4n) is 1.94. The maximum atomic E-state index is 5.67. The summed E-state index contributed by atoms with van der Waals surface area (Å²) in [4.78, 5) is 4.36. The Morgan fingerprint density at radius 1 is 1.22 bits per heavy atom. The third-order valence-corrected chi connectivity index (χ3v) is 2.83. The van der Waals surface area contributed by atoms with E-state index in [1.165, 1.54) is 5.82 Å². The molecule has 0 saturated carbocycles. The minimum absolute atomic E-state index is 0.744. The fraction of sp³-hybridized carbons (Fsp3) is 0.400. The maximum absolute atomic E-state index is 5.67. The van der Waals surface area contributed by atoms with E-state index in [-0.39, 0.29) is 0 Å². The fourth-order valence-corrected chi connectivity index (χ4v) is 1.94. The molecule has 1 heterocycles. The minimum atomic E-state index is 0.744. The summed E-state index contributed by atoms with van der Waals surface area (Å²) < 4.78 is 7.89. The van der Waals surface area contributed by atoms with Gasteiger partial charge in [-0.1, -0.05) is 25.1 Å². The first-order valence-electron chi connectivity index (χ1n) is 6.58. The highest BCUT2D eigenvalue weighted by molar-refractivity contribution is 5.20. The van der Waals surface area contributed by atoms with Crippen molar-refractivity contribution >= 4 is 0 Å². The van der Waals surface area contributed by atoms with Gasteiger partial charge in [0.25, 0.3) is 0 Å². The van der Waals surface area contributed by atoms with Crippen molar-refractivity contribution in [3.63, 3.8) is 0 Å².